The van der Waals surface area contributed by atoms with E-state index in [2.05, 4.69) is 15.5 Å². The largest absolute Gasteiger partial charge is 0.467 e. The molecule has 0 fully saturated rings. The summed E-state index contributed by atoms with van der Waals surface area (Å²) in [4.78, 5) is 29.2. The van der Waals surface area contributed by atoms with Crippen LogP contribution in [0.25, 0.3) is 11.1 Å². The van der Waals surface area contributed by atoms with E-state index in [0.717, 1.165) is 11.4 Å². The van der Waals surface area contributed by atoms with Crippen LogP contribution < -0.4 is 5.32 Å². The molecule has 8 heteroatoms. The van der Waals surface area contributed by atoms with Crippen LogP contribution in [-0.4, -0.2) is 47.2 Å². The first-order valence-corrected chi connectivity index (χ1v) is 9.43. The van der Waals surface area contributed by atoms with Crippen LogP contribution in [0.3, 0.4) is 0 Å². The summed E-state index contributed by atoms with van der Waals surface area (Å²) in [7, 11) is 1.31. The number of fused-ring (bicyclic) bond motifs is 1. The van der Waals surface area contributed by atoms with Crippen molar-refractivity contribution in [1.29, 1.82) is 0 Å². The molecule has 0 bridgehead atoms. The van der Waals surface area contributed by atoms with Crippen LogP contribution in [0.5, 0.6) is 0 Å². The van der Waals surface area contributed by atoms with Crippen LogP contribution in [0.4, 0.5) is 0 Å². The molecule has 0 radical (unpaired) electrons. The van der Waals surface area contributed by atoms with E-state index in [1.807, 2.05) is 20.1 Å². The molecule has 136 valence electrons. The summed E-state index contributed by atoms with van der Waals surface area (Å²) in [6.45, 7) is 5.72. The van der Waals surface area contributed by atoms with Crippen molar-refractivity contribution >= 4 is 34.7 Å². The fourth-order valence-corrected chi connectivity index (χ4v) is 2.92. The zero-order chi connectivity index (χ0) is 18.6. The Morgan fingerprint density at radius 3 is 2.72 bits per heavy atom. The van der Waals surface area contributed by atoms with Gasteiger partial charge >= 0.3 is 5.97 Å². The van der Waals surface area contributed by atoms with Gasteiger partial charge in [-0.3, -0.25) is 4.79 Å². The minimum Gasteiger partial charge on any atom is -0.467 e. The number of hydrogen-bond acceptors (Lipinski definition) is 7. The molecular weight excluding hydrogens is 342 g/mol. The third kappa shape index (κ3) is 4.31. The Morgan fingerprint density at radius 1 is 1.40 bits per heavy atom. The van der Waals surface area contributed by atoms with Crippen molar-refractivity contribution in [2.24, 2.45) is 0 Å². The summed E-state index contributed by atoms with van der Waals surface area (Å²) >= 11 is 1.60. The van der Waals surface area contributed by atoms with Crippen LogP contribution in [0.2, 0.25) is 0 Å². The predicted octanol–water partition coefficient (Wildman–Crippen LogP) is 2.68. The second-order valence-electron chi connectivity index (χ2n) is 6.03. The molecule has 0 spiro atoms. The third-order valence-electron chi connectivity index (χ3n) is 3.87. The van der Waals surface area contributed by atoms with Gasteiger partial charge in [0.25, 0.3) is 11.6 Å². The number of thioether (sulfide) groups is 1. The number of aromatic nitrogens is 2. The number of amides is 1. The number of carbonyl (C=O) groups is 2. The number of methoxy groups -OCH3 is 1. The molecule has 0 aromatic carbocycles. The molecule has 7 nitrogen and oxygen atoms in total. The zero-order valence-corrected chi connectivity index (χ0v) is 15.9. The highest BCUT2D eigenvalue weighted by Gasteiger charge is 2.25. The highest BCUT2D eigenvalue weighted by molar-refractivity contribution is 7.98. The van der Waals surface area contributed by atoms with Gasteiger partial charge < -0.3 is 14.6 Å². The number of carbonyl (C=O) groups excluding carboxylic acids is 2. The third-order valence-corrected chi connectivity index (χ3v) is 4.52. The maximum absolute atomic E-state index is 12.9. The van der Waals surface area contributed by atoms with E-state index in [1.54, 1.807) is 24.8 Å². The van der Waals surface area contributed by atoms with Crippen molar-refractivity contribution in [2.45, 2.75) is 39.2 Å². The maximum Gasteiger partial charge on any atom is 0.328 e. The molecule has 0 aliphatic carbocycles. The Hall–Kier alpha value is -2.09. The molecule has 2 aromatic heterocycles. The molecule has 25 heavy (non-hydrogen) atoms. The lowest BCUT2D eigenvalue weighted by atomic mass is 10.0. The number of aryl methyl sites for hydroxylation is 1. The monoisotopic (exact) mass is 365 g/mol. The lowest BCUT2D eigenvalue weighted by Gasteiger charge is -2.17. The highest BCUT2D eigenvalue weighted by Crippen LogP contribution is 2.25. The minimum absolute atomic E-state index is 0.120. The number of esters is 1. The number of rotatable bonds is 7. The summed E-state index contributed by atoms with van der Waals surface area (Å²) in [5, 5.41) is 7.24. The molecule has 1 atom stereocenters. The van der Waals surface area contributed by atoms with E-state index in [1.165, 1.54) is 7.11 Å². The minimum atomic E-state index is -0.698. The van der Waals surface area contributed by atoms with Crippen LogP contribution in [-0.2, 0) is 9.53 Å². The highest BCUT2D eigenvalue weighted by atomic mass is 32.2. The number of hydrogen-bond donors (Lipinski definition) is 1. The average Bonchev–Trinajstić information content (AvgIpc) is 2.98. The molecule has 0 saturated heterocycles. The summed E-state index contributed by atoms with van der Waals surface area (Å²) in [5.41, 5.74) is 2.05. The molecule has 0 aliphatic rings. The lowest BCUT2D eigenvalue weighted by molar-refractivity contribution is -0.142. The number of nitrogens with zero attached hydrogens (tertiary/aromatic N) is 2. The zero-order valence-electron chi connectivity index (χ0n) is 15.1. The first-order chi connectivity index (χ1) is 11.9. The van der Waals surface area contributed by atoms with Gasteiger partial charge in [-0.2, -0.15) is 11.8 Å². The molecule has 2 aromatic rings. The topological polar surface area (TPSA) is 94.3 Å². The van der Waals surface area contributed by atoms with E-state index in [0.29, 0.717) is 28.8 Å². The predicted molar refractivity (Wildman–Crippen MR) is 96.9 cm³/mol. The Balaban J connectivity index is 2.39. The van der Waals surface area contributed by atoms with E-state index in [4.69, 9.17) is 9.26 Å². The van der Waals surface area contributed by atoms with E-state index in [-0.39, 0.29) is 11.8 Å². The Bertz CT molecular complexity index is 773. The summed E-state index contributed by atoms with van der Waals surface area (Å²) in [6.07, 6.45) is 2.44. The van der Waals surface area contributed by atoms with Crippen molar-refractivity contribution in [3.8, 4) is 0 Å². The SMILES string of the molecule is COC(=O)C(CCSC)NC(=O)c1cc(C(C)C)nc2onc(C)c12. The average molecular weight is 365 g/mol. The van der Waals surface area contributed by atoms with Gasteiger partial charge in [-0.25, -0.2) is 9.78 Å². The van der Waals surface area contributed by atoms with Gasteiger partial charge in [-0.05, 0) is 37.3 Å². The quantitative estimate of drug-likeness (QED) is 0.754. The van der Waals surface area contributed by atoms with Crippen molar-refractivity contribution in [3.63, 3.8) is 0 Å². The second kappa shape index (κ2) is 8.33. The smallest absolute Gasteiger partial charge is 0.328 e. The lowest BCUT2D eigenvalue weighted by Crippen LogP contribution is -2.42. The van der Waals surface area contributed by atoms with Crippen LogP contribution in [0.15, 0.2) is 10.6 Å². The van der Waals surface area contributed by atoms with E-state index in [9.17, 15) is 9.59 Å². The summed E-state index contributed by atoms with van der Waals surface area (Å²) < 4.78 is 10.0. The van der Waals surface area contributed by atoms with Gasteiger partial charge in [0.1, 0.15) is 6.04 Å². The van der Waals surface area contributed by atoms with E-state index < -0.39 is 12.0 Å². The van der Waals surface area contributed by atoms with Crippen LogP contribution >= 0.6 is 11.8 Å². The first kappa shape index (κ1) is 19.2. The molecule has 0 saturated carbocycles. The Labute approximate surface area is 150 Å². The van der Waals surface area contributed by atoms with Crippen molar-refractivity contribution in [2.75, 3.05) is 19.1 Å². The summed E-state index contributed by atoms with van der Waals surface area (Å²) in [5.74, 6) is 0.0279. The Kier molecular flexibility index (Phi) is 6.41. The van der Waals surface area contributed by atoms with Gasteiger partial charge in [-0.1, -0.05) is 19.0 Å². The van der Waals surface area contributed by atoms with Crippen LogP contribution in [0.1, 0.15) is 47.9 Å². The molecule has 1 amide bonds. The van der Waals surface area contributed by atoms with Gasteiger partial charge in [-0.15, -0.1) is 0 Å². The van der Waals surface area contributed by atoms with Gasteiger partial charge in [0, 0.05) is 5.69 Å². The van der Waals surface area contributed by atoms with Gasteiger partial charge in [0.15, 0.2) is 0 Å². The maximum atomic E-state index is 12.9. The number of ether oxygens (including phenoxy) is 1. The Morgan fingerprint density at radius 2 is 2.12 bits per heavy atom. The molecular formula is C17H23N3O4S. The normalized spacial score (nSPS) is 12.4. The van der Waals surface area contributed by atoms with E-state index >= 15 is 0 Å². The molecule has 2 rings (SSSR count). The molecule has 1 N–H and O–H groups in total. The summed E-state index contributed by atoms with van der Waals surface area (Å²) in [6, 6.07) is 1.03. The molecule has 2 heterocycles. The van der Waals surface area contributed by atoms with Crippen molar-refractivity contribution < 1.29 is 18.8 Å². The number of nitrogens with one attached hydrogen (secondary N) is 1. The first-order valence-electron chi connectivity index (χ1n) is 8.03. The number of pyridine rings is 1. The fourth-order valence-electron chi connectivity index (χ4n) is 2.45. The standard InChI is InChI=1S/C17H23N3O4S/c1-9(2)13-8-11(14-10(3)20-24-16(14)19-13)15(21)18-12(6-7-25-5)17(22)23-4/h8-9,12H,6-7H2,1-5H3,(H,18,21). The second-order valence-corrected chi connectivity index (χ2v) is 7.01. The molecule has 1 unspecified atom stereocenters. The van der Waals surface area contributed by atoms with Gasteiger partial charge in [0.05, 0.1) is 23.8 Å². The van der Waals surface area contributed by atoms with Crippen LogP contribution in [0, 0.1) is 6.92 Å². The molecule has 0 aliphatic heterocycles. The van der Waals surface area contributed by atoms with Crippen molar-refractivity contribution in [3.05, 3.63) is 23.0 Å². The van der Waals surface area contributed by atoms with Gasteiger partial charge in [0.2, 0.25) is 0 Å². The van der Waals surface area contributed by atoms with Crippen molar-refractivity contribution in [1.82, 2.24) is 15.5 Å². The fraction of sp³-hybridized carbons (Fsp3) is 0.529.